The van der Waals surface area contributed by atoms with Crippen LogP contribution in [0.25, 0.3) is 0 Å². The highest BCUT2D eigenvalue weighted by Crippen LogP contribution is 2.23. The highest BCUT2D eigenvalue weighted by atomic mass is 32.2. The lowest BCUT2D eigenvalue weighted by Gasteiger charge is -2.03. The molecule has 0 fully saturated rings. The third-order valence-corrected chi connectivity index (χ3v) is 3.60. The number of thioether (sulfide) groups is 1. The van der Waals surface area contributed by atoms with Crippen molar-refractivity contribution in [3.05, 3.63) is 41.5 Å². The number of nitrogens with zero attached hydrogens (tertiary/aromatic N) is 2. The minimum absolute atomic E-state index is 0.701. The molecule has 1 aromatic carbocycles. The predicted molar refractivity (Wildman–Crippen MR) is 77.1 cm³/mol. The summed E-state index contributed by atoms with van der Waals surface area (Å²) in [6.07, 6.45) is 1.92. The Kier molecular flexibility index (Phi) is 5.42. The number of aryl methyl sites for hydroxylation is 1. The summed E-state index contributed by atoms with van der Waals surface area (Å²) in [5, 5.41) is 7.11. The zero-order valence-corrected chi connectivity index (χ0v) is 12.2. The average Bonchev–Trinajstić information content (AvgIpc) is 2.86. The first-order valence-corrected chi connectivity index (χ1v) is 7.48. The van der Waals surface area contributed by atoms with Crippen LogP contribution in [0.5, 0.6) is 0 Å². The Morgan fingerprint density at radius 3 is 3.05 bits per heavy atom. The van der Waals surface area contributed by atoms with Crippen molar-refractivity contribution < 1.29 is 4.52 Å². The molecule has 4 nitrogen and oxygen atoms in total. The van der Waals surface area contributed by atoms with E-state index in [0.29, 0.717) is 5.89 Å². The Hall–Kier alpha value is -1.33. The lowest BCUT2D eigenvalue weighted by molar-refractivity contribution is 0.384. The van der Waals surface area contributed by atoms with Crippen molar-refractivity contribution in [2.24, 2.45) is 0 Å². The summed E-state index contributed by atoms with van der Waals surface area (Å²) >= 11 is 1.72. The van der Waals surface area contributed by atoms with Gasteiger partial charge >= 0.3 is 0 Å². The van der Waals surface area contributed by atoms with Gasteiger partial charge in [0.2, 0.25) is 5.89 Å². The summed E-state index contributed by atoms with van der Waals surface area (Å²) in [6, 6.07) is 8.48. The van der Waals surface area contributed by atoms with Gasteiger partial charge in [-0.1, -0.05) is 24.2 Å². The van der Waals surface area contributed by atoms with Crippen LogP contribution in [0, 0.1) is 0 Å². The van der Waals surface area contributed by atoms with Crippen LogP contribution >= 0.6 is 11.8 Å². The first-order chi connectivity index (χ1) is 9.31. The fraction of sp³-hybridized carbons (Fsp3) is 0.429. The molecule has 0 aliphatic carbocycles. The molecule has 0 saturated carbocycles. The van der Waals surface area contributed by atoms with E-state index in [4.69, 9.17) is 4.52 Å². The molecular weight excluding hydrogens is 258 g/mol. The summed E-state index contributed by atoms with van der Waals surface area (Å²) in [4.78, 5) is 5.59. The predicted octanol–water partition coefficient (Wildman–Crippen LogP) is 3.03. The van der Waals surface area contributed by atoms with Gasteiger partial charge in [0.1, 0.15) is 0 Å². The first-order valence-electron chi connectivity index (χ1n) is 6.49. The maximum absolute atomic E-state index is 5.22. The van der Waals surface area contributed by atoms with Gasteiger partial charge in [-0.2, -0.15) is 4.98 Å². The Bertz CT molecular complexity index is 513. The van der Waals surface area contributed by atoms with Gasteiger partial charge in [0.25, 0.3) is 0 Å². The van der Waals surface area contributed by atoms with Gasteiger partial charge in [0.05, 0.1) is 5.75 Å². The Balaban J connectivity index is 1.91. The van der Waals surface area contributed by atoms with Gasteiger partial charge in [-0.25, -0.2) is 0 Å². The smallest absolute Gasteiger partial charge is 0.237 e. The second kappa shape index (κ2) is 7.31. The third-order valence-electron chi connectivity index (χ3n) is 2.63. The van der Waals surface area contributed by atoms with E-state index in [9.17, 15) is 0 Å². The van der Waals surface area contributed by atoms with Crippen LogP contribution in [0.2, 0.25) is 0 Å². The molecule has 19 heavy (non-hydrogen) atoms. The molecule has 0 bridgehead atoms. The van der Waals surface area contributed by atoms with E-state index in [1.165, 1.54) is 10.5 Å². The number of aromatic nitrogens is 2. The zero-order chi connectivity index (χ0) is 13.5. The summed E-state index contributed by atoms with van der Waals surface area (Å²) in [6.45, 7) is 2.99. The summed E-state index contributed by atoms with van der Waals surface area (Å²) in [7, 11) is 1.95. The standard InChI is InChI=1S/C14H19N3OS/c1-3-5-13-16-14(18-17-13)10-19-12-7-4-6-11(8-12)9-15-2/h4,6-8,15H,3,5,9-10H2,1-2H3. The highest BCUT2D eigenvalue weighted by Gasteiger charge is 2.06. The molecule has 5 heteroatoms. The molecule has 0 unspecified atom stereocenters. The molecule has 0 aliphatic rings. The van der Waals surface area contributed by atoms with Crippen molar-refractivity contribution in [2.45, 2.75) is 37.0 Å². The molecule has 2 aromatic rings. The number of benzene rings is 1. The molecule has 1 aromatic heterocycles. The minimum atomic E-state index is 0.701. The molecule has 0 aliphatic heterocycles. The largest absolute Gasteiger partial charge is 0.338 e. The number of rotatable bonds is 7. The lowest BCUT2D eigenvalue weighted by Crippen LogP contribution is -2.04. The van der Waals surface area contributed by atoms with Gasteiger partial charge in [-0.15, -0.1) is 11.8 Å². The molecule has 0 saturated heterocycles. The Morgan fingerprint density at radius 2 is 2.26 bits per heavy atom. The van der Waals surface area contributed by atoms with Gasteiger partial charge in [-0.3, -0.25) is 0 Å². The Morgan fingerprint density at radius 1 is 1.37 bits per heavy atom. The summed E-state index contributed by atoms with van der Waals surface area (Å²) in [5.74, 6) is 2.23. The minimum Gasteiger partial charge on any atom is -0.338 e. The van der Waals surface area contributed by atoms with Gasteiger partial charge < -0.3 is 9.84 Å². The molecule has 0 spiro atoms. The molecular formula is C14H19N3OS. The molecule has 2 rings (SSSR count). The van der Waals surface area contributed by atoms with E-state index in [0.717, 1.165) is 31.0 Å². The molecule has 102 valence electrons. The van der Waals surface area contributed by atoms with Crippen LogP contribution < -0.4 is 5.32 Å². The van der Waals surface area contributed by atoms with Crippen molar-refractivity contribution in [1.82, 2.24) is 15.5 Å². The van der Waals surface area contributed by atoms with Crippen LogP contribution in [-0.2, 0) is 18.7 Å². The normalized spacial score (nSPS) is 10.8. The van der Waals surface area contributed by atoms with Crippen LogP contribution in [0.15, 0.2) is 33.7 Å². The fourth-order valence-electron chi connectivity index (χ4n) is 1.77. The van der Waals surface area contributed by atoms with Gasteiger partial charge in [-0.05, 0) is 31.2 Å². The first kappa shape index (κ1) is 14.1. The monoisotopic (exact) mass is 277 g/mol. The van der Waals surface area contributed by atoms with Crippen molar-refractivity contribution in [3.63, 3.8) is 0 Å². The van der Waals surface area contributed by atoms with E-state index >= 15 is 0 Å². The van der Waals surface area contributed by atoms with Gasteiger partial charge in [0.15, 0.2) is 5.82 Å². The second-order valence-corrected chi connectivity index (χ2v) is 5.37. The van der Waals surface area contributed by atoms with Crippen LogP contribution in [0.3, 0.4) is 0 Å². The quantitative estimate of drug-likeness (QED) is 0.788. The maximum atomic E-state index is 5.22. The third kappa shape index (κ3) is 4.36. The van der Waals surface area contributed by atoms with Crippen molar-refractivity contribution in [3.8, 4) is 0 Å². The summed E-state index contributed by atoms with van der Waals surface area (Å²) in [5.41, 5.74) is 1.28. The molecule has 0 amide bonds. The fourth-order valence-corrected chi connectivity index (χ4v) is 2.59. The lowest BCUT2D eigenvalue weighted by atomic mass is 10.2. The van der Waals surface area contributed by atoms with E-state index in [1.54, 1.807) is 11.8 Å². The highest BCUT2D eigenvalue weighted by molar-refractivity contribution is 7.98. The molecule has 1 N–H and O–H groups in total. The van der Waals surface area contributed by atoms with Crippen LogP contribution in [0.4, 0.5) is 0 Å². The molecule has 1 heterocycles. The van der Waals surface area contributed by atoms with Crippen LogP contribution in [-0.4, -0.2) is 17.2 Å². The van der Waals surface area contributed by atoms with E-state index in [-0.39, 0.29) is 0 Å². The van der Waals surface area contributed by atoms with Crippen molar-refractivity contribution in [1.29, 1.82) is 0 Å². The SMILES string of the molecule is CCCc1noc(CSc2cccc(CNC)c2)n1. The summed E-state index contributed by atoms with van der Waals surface area (Å²) < 4.78 is 5.22. The van der Waals surface area contributed by atoms with Crippen molar-refractivity contribution >= 4 is 11.8 Å². The van der Waals surface area contributed by atoms with E-state index in [2.05, 4.69) is 46.6 Å². The topological polar surface area (TPSA) is 51.0 Å². The van der Waals surface area contributed by atoms with Crippen molar-refractivity contribution in [2.75, 3.05) is 7.05 Å². The zero-order valence-electron chi connectivity index (χ0n) is 11.3. The number of nitrogens with one attached hydrogen (secondary N) is 1. The average molecular weight is 277 g/mol. The van der Waals surface area contributed by atoms with E-state index in [1.807, 2.05) is 7.05 Å². The molecule has 0 atom stereocenters. The second-order valence-electron chi connectivity index (χ2n) is 4.32. The number of hydrogen-bond donors (Lipinski definition) is 1. The maximum Gasteiger partial charge on any atom is 0.237 e. The van der Waals surface area contributed by atoms with E-state index < -0.39 is 0 Å². The number of hydrogen-bond acceptors (Lipinski definition) is 5. The van der Waals surface area contributed by atoms with Gasteiger partial charge in [0, 0.05) is 17.9 Å². The Labute approximate surface area is 118 Å². The van der Waals surface area contributed by atoms with Crippen LogP contribution in [0.1, 0.15) is 30.6 Å². The molecule has 0 radical (unpaired) electrons.